The lowest BCUT2D eigenvalue weighted by molar-refractivity contribution is 0.477. The van der Waals surface area contributed by atoms with Gasteiger partial charge >= 0.3 is 0 Å². The summed E-state index contributed by atoms with van der Waals surface area (Å²) in [5.74, 6) is 0.576. The summed E-state index contributed by atoms with van der Waals surface area (Å²) in [4.78, 5) is 4.39. The normalized spacial score (nSPS) is 12.5. The summed E-state index contributed by atoms with van der Waals surface area (Å²) in [6.07, 6.45) is 3.98. The quantitative estimate of drug-likeness (QED) is 0.840. The van der Waals surface area contributed by atoms with Gasteiger partial charge < -0.3 is 5.32 Å². The number of rotatable bonds is 7. The molecule has 19 heavy (non-hydrogen) atoms. The highest BCUT2D eigenvalue weighted by Crippen LogP contribution is 2.17. The Balaban J connectivity index is 1.98. The van der Waals surface area contributed by atoms with Crippen molar-refractivity contribution in [2.75, 3.05) is 13.1 Å². The molecule has 0 amide bonds. The van der Waals surface area contributed by atoms with Crippen LogP contribution in [0, 0.1) is 5.92 Å². The van der Waals surface area contributed by atoms with E-state index in [4.69, 9.17) is 11.6 Å². The van der Waals surface area contributed by atoms with Gasteiger partial charge in [-0.2, -0.15) is 0 Å². The topological polar surface area (TPSA) is 24.9 Å². The second kappa shape index (κ2) is 7.63. The maximum absolute atomic E-state index is 5.93. The molecule has 0 aliphatic carbocycles. The Labute approximate surface area is 123 Å². The summed E-state index contributed by atoms with van der Waals surface area (Å²) in [5.41, 5.74) is 1.34. The first-order chi connectivity index (χ1) is 9.28. The largest absolute Gasteiger partial charge is 0.317 e. The van der Waals surface area contributed by atoms with Crippen molar-refractivity contribution in [3.63, 3.8) is 0 Å². The molecule has 0 aliphatic heterocycles. The van der Waals surface area contributed by atoms with Gasteiger partial charge in [0.25, 0.3) is 0 Å². The molecule has 1 heterocycles. The van der Waals surface area contributed by atoms with Crippen LogP contribution in [0.2, 0.25) is 5.02 Å². The first kappa shape index (κ1) is 14.5. The molecule has 0 radical (unpaired) electrons. The molecule has 0 fully saturated rings. The van der Waals surface area contributed by atoms with Gasteiger partial charge in [-0.3, -0.25) is 0 Å². The first-order valence-corrected chi connectivity index (χ1v) is 7.87. The van der Waals surface area contributed by atoms with Crippen LogP contribution in [0.5, 0.6) is 0 Å². The SMILES string of the molecule is CCNCC(Cc1ccc(Cl)cc1)Cc1nccs1. The van der Waals surface area contributed by atoms with E-state index >= 15 is 0 Å². The number of benzene rings is 1. The van der Waals surface area contributed by atoms with Crippen LogP contribution in [0.25, 0.3) is 0 Å². The zero-order valence-corrected chi connectivity index (χ0v) is 12.7. The third-order valence-electron chi connectivity index (χ3n) is 3.07. The van der Waals surface area contributed by atoms with Crippen molar-refractivity contribution in [1.82, 2.24) is 10.3 Å². The van der Waals surface area contributed by atoms with E-state index in [9.17, 15) is 0 Å². The van der Waals surface area contributed by atoms with Gasteiger partial charge in [-0.15, -0.1) is 11.3 Å². The minimum atomic E-state index is 0.576. The molecule has 1 atom stereocenters. The fraction of sp³-hybridized carbons (Fsp3) is 0.400. The molecule has 102 valence electrons. The molecule has 0 spiro atoms. The summed E-state index contributed by atoms with van der Waals surface area (Å²) in [5, 5.41) is 7.50. The average molecular weight is 295 g/mol. The molecule has 0 saturated carbocycles. The second-order valence-electron chi connectivity index (χ2n) is 4.63. The highest BCUT2D eigenvalue weighted by atomic mass is 35.5. The van der Waals surface area contributed by atoms with E-state index < -0.39 is 0 Å². The van der Waals surface area contributed by atoms with Crippen molar-refractivity contribution in [3.8, 4) is 0 Å². The summed E-state index contributed by atoms with van der Waals surface area (Å²) < 4.78 is 0. The predicted molar refractivity (Wildman–Crippen MR) is 83.0 cm³/mol. The Morgan fingerprint density at radius 1 is 1.26 bits per heavy atom. The van der Waals surface area contributed by atoms with Gasteiger partial charge in [-0.25, -0.2) is 4.98 Å². The van der Waals surface area contributed by atoms with Crippen molar-refractivity contribution >= 4 is 22.9 Å². The van der Waals surface area contributed by atoms with Crippen LogP contribution < -0.4 is 5.32 Å². The third kappa shape index (κ3) is 4.94. The Kier molecular flexibility index (Phi) is 5.83. The molecule has 0 bridgehead atoms. The number of nitrogens with one attached hydrogen (secondary N) is 1. The van der Waals surface area contributed by atoms with Gasteiger partial charge in [0.1, 0.15) is 0 Å². The van der Waals surface area contributed by atoms with E-state index in [-0.39, 0.29) is 0 Å². The Morgan fingerprint density at radius 2 is 2.05 bits per heavy atom. The van der Waals surface area contributed by atoms with Crippen LogP contribution >= 0.6 is 22.9 Å². The molecule has 4 heteroatoms. The molecule has 2 aromatic rings. The van der Waals surface area contributed by atoms with Crippen molar-refractivity contribution in [3.05, 3.63) is 51.4 Å². The van der Waals surface area contributed by atoms with Crippen LogP contribution in [0.3, 0.4) is 0 Å². The third-order valence-corrected chi connectivity index (χ3v) is 4.12. The van der Waals surface area contributed by atoms with Gasteiger partial charge in [0.15, 0.2) is 0 Å². The van der Waals surface area contributed by atoms with Crippen LogP contribution in [-0.2, 0) is 12.8 Å². The molecular formula is C15H19ClN2S. The maximum Gasteiger partial charge on any atom is 0.0928 e. The van der Waals surface area contributed by atoms with Crippen LogP contribution in [0.15, 0.2) is 35.8 Å². The fourth-order valence-corrected chi connectivity index (χ4v) is 2.98. The highest BCUT2D eigenvalue weighted by molar-refractivity contribution is 7.09. The van der Waals surface area contributed by atoms with Crippen molar-refractivity contribution in [1.29, 1.82) is 0 Å². The molecule has 0 saturated heterocycles. The average Bonchev–Trinajstić information content (AvgIpc) is 2.91. The Hall–Kier alpha value is -0.900. The smallest absolute Gasteiger partial charge is 0.0928 e. The monoisotopic (exact) mass is 294 g/mol. The van der Waals surface area contributed by atoms with E-state index in [0.29, 0.717) is 5.92 Å². The number of nitrogens with zero attached hydrogens (tertiary/aromatic N) is 1. The number of thiazole rings is 1. The van der Waals surface area contributed by atoms with Gasteiger partial charge in [0.05, 0.1) is 5.01 Å². The highest BCUT2D eigenvalue weighted by Gasteiger charge is 2.12. The lowest BCUT2D eigenvalue weighted by Crippen LogP contribution is -2.25. The maximum atomic E-state index is 5.93. The van der Waals surface area contributed by atoms with Crippen molar-refractivity contribution in [2.24, 2.45) is 5.92 Å². The van der Waals surface area contributed by atoms with Gasteiger partial charge in [-0.05, 0) is 43.1 Å². The minimum absolute atomic E-state index is 0.576. The number of halogens is 1. The van der Waals surface area contributed by atoms with Crippen LogP contribution in [0.1, 0.15) is 17.5 Å². The molecule has 1 N–H and O–H groups in total. The lowest BCUT2D eigenvalue weighted by Gasteiger charge is -2.16. The summed E-state index contributed by atoms with van der Waals surface area (Å²) in [7, 11) is 0. The van der Waals surface area contributed by atoms with E-state index in [2.05, 4.69) is 29.4 Å². The number of hydrogen-bond donors (Lipinski definition) is 1. The number of aromatic nitrogens is 1. The summed E-state index contributed by atoms with van der Waals surface area (Å²) in [6, 6.07) is 8.15. The van der Waals surface area contributed by atoms with Gasteiger partial charge in [0.2, 0.25) is 0 Å². The van der Waals surface area contributed by atoms with Gasteiger partial charge in [-0.1, -0.05) is 30.7 Å². The van der Waals surface area contributed by atoms with Crippen molar-refractivity contribution < 1.29 is 0 Å². The van der Waals surface area contributed by atoms with E-state index in [1.54, 1.807) is 11.3 Å². The summed E-state index contributed by atoms with van der Waals surface area (Å²) in [6.45, 7) is 4.18. The molecule has 1 unspecified atom stereocenters. The molecule has 2 rings (SSSR count). The molecule has 1 aromatic heterocycles. The molecule has 1 aromatic carbocycles. The number of hydrogen-bond acceptors (Lipinski definition) is 3. The van der Waals surface area contributed by atoms with E-state index in [1.807, 2.05) is 23.7 Å². The Bertz CT molecular complexity index is 467. The molecule has 2 nitrogen and oxygen atoms in total. The lowest BCUT2D eigenvalue weighted by atomic mass is 9.96. The van der Waals surface area contributed by atoms with Gasteiger partial charge in [0, 0.05) is 23.0 Å². The molecule has 0 aliphatic rings. The van der Waals surface area contributed by atoms with Crippen LogP contribution in [-0.4, -0.2) is 18.1 Å². The minimum Gasteiger partial charge on any atom is -0.317 e. The predicted octanol–water partition coefficient (Wildman–Crippen LogP) is 3.81. The van der Waals surface area contributed by atoms with Crippen LogP contribution in [0.4, 0.5) is 0 Å². The molecular weight excluding hydrogens is 276 g/mol. The summed E-state index contributed by atoms with van der Waals surface area (Å²) >= 11 is 7.66. The fourth-order valence-electron chi connectivity index (χ4n) is 2.12. The first-order valence-electron chi connectivity index (χ1n) is 6.61. The van der Waals surface area contributed by atoms with E-state index in [1.165, 1.54) is 10.6 Å². The zero-order chi connectivity index (χ0) is 13.5. The zero-order valence-electron chi connectivity index (χ0n) is 11.1. The second-order valence-corrected chi connectivity index (χ2v) is 6.05. The Morgan fingerprint density at radius 3 is 2.68 bits per heavy atom. The van der Waals surface area contributed by atoms with Crippen molar-refractivity contribution in [2.45, 2.75) is 19.8 Å². The standard InChI is InChI=1S/C15H19ClN2S/c1-2-17-11-13(10-15-18-7-8-19-15)9-12-3-5-14(16)6-4-12/h3-8,13,17H,2,9-11H2,1H3. The van der Waals surface area contributed by atoms with E-state index in [0.717, 1.165) is 31.0 Å².